The topological polar surface area (TPSA) is 49.3 Å². The van der Waals surface area contributed by atoms with E-state index in [0.29, 0.717) is 12.5 Å². The van der Waals surface area contributed by atoms with E-state index in [9.17, 15) is 9.90 Å². The Bertz CT molecular complexity index is 493. The summed E-state index contributed by atoms with van der Waals surface area (Å²) >= 11 is 7.71. The minimum Gasteiger partial charge on any atom is -0.480 e. The molecule has 1 atom stereocenters. The van der Waals surface area contributed by atoms with Crippen LogP contribution in [0.3, 0.4) is 0 Å². The quantitative estimate of drug-likeness (QED) is 0.527. The van der Waals surface area contributed by atoms with Crippen molar-refractivity contribution in [1.82, 2.24) is 5.32 Å². The molecule has 1 aromatic rings. The Morgan fingerprint density at radius 3 is 2.86 bits per heavy atom. The highest BCUT2D eigenvalue weighted by molar-refractivity contribution is 7.99. The van der Waals surface area contributed by atoms with Crippen LogP contribution in [0.4, 0.5) is 0 Å². The first kappa shape index (κ1) is 16.7. The van der Waals surface area contributed by atoms with Crippen LogP contribution >= 0.6 is 23.4 Å². The van der Waals surface area contributed by atoms with Crippen LogP contribution in [0.1, 0.15) is 39.0 Å². The molecule has 5 heteroatoms. The van der Waals surface area contributed by atoms with Crippen molar-refractivity contribution in [3.63, 3.8) is 0 Å². The molecule has 2 N–H and O–H groups in total. The van der Waals surface area contributed by atoms with E-state index in [1.807, 2.05) is 24.3 Å². The predicted molar refractivity (Wildman–Crippen MR) is 88.2 cm³/mol. The average Bonchev–Trinajstić information content (AvgIpc) is 3.22. The van der Waals surface area contributed by atoms with Gasteiger partial charge in [0.15, 0.2) is 0 Å². The SMILES string of the molecule is CC(CCCCSc1cccc(Cl)c1)(NC1CC1)C(=O)O. The summed E-state index contributed by atoms with van der Waals surface area (Å²) in [7, 11) is 0. The lowest BCUT2D eigenvalue weighted by atomic mass is 9.95. The number of carboxylic acid groups (broad SMARTS) is 1. The number of halogens is 1. The summed E-state index contributed by atoms with van der Waals surface area (Å²) in [5.74, 6) is 0.247. The molecule has 3 nitrogen and oxygen atoms in total. The number of unbranched alkanes of at least 4 members (excludes halogenated alkanes) is 1. The van der Waals surface area contributed by atoms with Crippen molar-refractivity contribution >= 4 is 29.3 Å². The molecule has 0 aliphatic heterocycles. The molecule has 1 aliphatic carbocycles. The van der Waals surface area contributed by atoms with E-state index < -0.39 is 11.5 Å². The number of hydrogen-bond donors (Lipinski definition) is 2. The van der Waals surface area contributed by atoms with Gasteiger partial charge >= 0.3 is 5.97 Å². The summed E-state index contributed by atoms with van der Waals surface area (Å²) in [6.07, 6.45) is 4.80. The molecule has 0 amide bonds. The first-order valence-electron chi connectivity index (χ1n) is 7.39. The maximum absolute atomic E-state index is 11.4. The molecular weight excluding hydrogens is 306 g/mol. The van der Waals surface area contributed by atoms with Crippen molar-refractivity contribution < 1.29 is 9.90 Å². The molecule has 0 spiro atoms. The smallest absolute Gasteiger partial charge is 0.323 e. The fourth-order valence-electron chi connectivity index (χ4n) is 2.25. The Morgan fingerprint density at radius 1 is 1.48 bits per heavy atom. The van der Waals surface area contributed by atoms with Crippen molar-refractivity contribution in [1.29, 1.82) is 0 Å². The molecule has 0 saturated heterocycles. The third kappa shape index (κ3) is 5.53. The van der Waals surface area contributed by atoms with Crippen LogP contribution in [0.15, 0.2) is 29.2 Å². The monoisotopic (exact) mass is 327 g/mol. The number of thioether (sulfide) groups is 1. The highest BCUT2D eigenvalue weighted by Gasteiger charge is 2.37. The van der Waals surface area contributed by atoms with E-state index in [4.69, 9.17) is 11.6 Å². The molecule has 1 saturated carbocycles. The van der Waals surface area contributed by atoms with Gasteiger partial charge in [0.2, 0.25) is 0 Å². The van der Waals surface area contributed by atoms with E-state index in [1.54, 1.807) is 18.7 Å². The van der Waals surface area contributed by atoms with E-state index in [2.05, 4.69) is 5.32 Å². The fourth-order valence-corrected chi connectivity index (χ4v) is 3.47. The van der Waals surface area contributed by atoms with Crippen LogP contribution in [0, 0.1) is 0 Å². The van der Waals surface area contributed by atoms with E-state index in [-0.39, 0.29) is 0 Å². The molecule has 1 unspecified atom stereocenters. The van der Waals surface area contributed by atoms with Crippen LogP contribution in [0.25, 0.3) is 0 Å². The number of carbonyl (C=O) groups is 1. The second-order valence-corrected chi connectivity index (χ2v) is 7.42. The van der Waals surface area contributed by atoms with Crippen LogP contribution < -0.4 is 5.32 Å². The standard InChI is InChI=1S/C16H22ClNO2S/c1-16(15(19)20,18-13-7-8-13)9-2-3-10-21-14-6-4-5-12(17)11-14/h4-6,11,13,18H,2-3,7-10H2,1H3,(H,19,20). The second-order valence-electron chi connectivity index (χ2n) is 5.82. The number of benzene rings is 1. The largest absolute Gasteiger partial charge is 0.480 e. The summed E-state index contributed by atoms with van der Waals surface area (Å²) in [5, 5.41) is 13.4. The number of aliphatic carboxylic acids is 1. The van der Waals surface area contributed by atoms with E-state index in [1.165, 1.54) is 4.90 Å². The minimum absolute atomic E-state index is 0.409. The molecule has 0 heterocycles. The van der Waals surface area contributed by atoms with Crippen molar-refractivity contribution in [2.45, 2.75) is 55.5 Å². The van der Waals surface area contributed by atoms with Crippen LogP contribution in [0.5, 0.6) is 0 Å². The maximum Gasteiger partial charge on any atom is 0.323 e. The van der Waals surface area contributed by atoms with Crippen molar-refractivity contribution in [2.24, 2.45) is 0 Å². The van der Waals surface area contributed by atoms with Crippen molar-refractivity contribution in [2.75, 3.05) is 5.75 Å². The van der Waals surface area contributed by atoms with Crippen molar-refractivity contribution in [3.8, 4) is 0 Å². The van der Waals surface area contributed by atoms with Gasteiger partial charge in [0.25, 0.3) is 0 Å². The molecule has 2 rings (SSSR count). The number of rotatable bonds is 9. The molecule has 116 valence electrons. The maximum atomic E-state index is 11.4. The fraction of sp³-hybridized carbons (Fsp3) is 0.562. The predicted octanol–water partition coefficient (Wildman–Crippen LogP) is 4.20. The highest BCUT2D eigenvalue weighted by atomic mass is 35.5. The Kier molecular flexibility index (Phi) is 5.97. The third-order valence-corrected chi connectivity index (χ3v) is 5.02. The molecule has 1 fully saturated rings. The van der Waals surface area contributed by atoms with Gasteiger partial charge in [-0.3, -0.25) is 10.1 Å². The van der Waals surface area contributed by atoms with Gasteiger partial charge in [0.1, 0.15) is 5.54 Å². The molecule has 1 aliphatic rings. The van der Waals surface area contributed by atoms with E-state index in [0.717, 1.165) is 36.5 Å². The zero-order valence-electron chi connectivity index (χ0n) is 12.3. The van der Waals surface area contributed by atoms with Gasteiger partial charge in [-0.2, -0.15) is 0 Å². The molecular formula is C16H22ClNO2S. The number of carboxylic acids is 1. The lowest BCUT2D eigenvalue weighted by Gasteiger charge is -2.26. The summed E-state index contributed by atoms with van der Waals surface area (Å²) in [4.78, 5) is 12.6. The Balaban J connectivity index is 1.69. The van der Waals surface area contributed by atoms with Gasteiger partial charge < -0.3 is 5.11 Å². The van der Waals surface area contributed by atoms with Crippen LogP contribution in [0.2, 0.25) is 5.02 Å². The van der Waals surface area contributed by atoms with Gasteiger partial charge in [-0.05, 0) is 56.6 Å². The Labute approximate surface area is 135 Å². The molecule has 0 bridgehead atoms. The van der Waals surface area contributed by atoms with Gasteiger partial charge in [-0.1, -0.05) is 24.1 Å². The van der Waals surface area contributed by atoms with E-state index >= 15 is 0 Å². The lowest BCUT2D eigenvalue weighted by Crippen LogP contribution is -2.50. The molecule has 0 radical (unpaired) electrons. The first-order valence-corrected chi connectivity index (χ1v) is 8.75. The summed E-state index contributed by atoms with van der Waals surface area (Å²) in [6, 6.07) is 8.24. The van der Waals surface area contributed by atoms with Crippen molar-refractivity contribution in [3.05, 3.63) is 29.3 Å². The molecule has 1 aromatic carbocycles. The van der Waals surface area contributed by atoms with Gasteiger partial charge in [0.05, 0.1) is 0 Å². The second kappa shape index (κ2) is 7.52. The van der Waals surface area contributed by atoms with Gasteiger partial charge in [-0.25, -0.2) is 0 Å². The average molecular weight is 328 g/mol. The Morgan fingerprint density at radius 2 is 2.24 bits per heavy atom. The zero-order chi connectivity index (χ0) is 15.3. The van der Waals surface area contributed by atoms with Crippen LogP contribution in [-0.4, -0.2) is 28.4 Å². The highest BCUT2D eigenvalue weighted by Crippen LogP contribution is 2.27. The third-order valence-electron chi connectivity index (χ3n) is 3.71. The number of hydrogen-bond acceptors (Lipinski definition) is 3. The summed E-state index contributed by atoms with van der Waals surface area (Å²) in [6.45, 7) is 1.80. The van der Waals surface area contributed by atoms with Gasteiger partial charge in [0, 0.05) is 16.0 Å². The summed E-state index contributed by atoms with van der Waals surface area (Å²) < 4.78 is 0. The summed E-state index contributed by atoms with van der Waals surface area (Å²) in [5.41, 5.74) is -0.776. The zero-order valence-corrected chi connectivity index (χ0v) is 13.8. The van der Waals surface area contributed by atoms with Gasteiger partial charge in [-0.15, -0.1) is 11.8 Å². The lowest BCUT2D eigenvalue weighted by molar-refractivity contribution is -0.144. The normalized spacial score (nSPS) is 17.4. The number of nitrogens with one attached hydrogen (secondary N) is 1. The molecule has 21 heavy (non-hydrogen) atoms. The van der Waals surface area contributed by atoms with Crippen LogP contribution in [-0.2, 0) is 4.79 Å². The Hall–Kier alpha value is -0.710. The first-order chi connectivity index (χ1) is 9.99. The minimum atomic E-state index is -0.776. The molecule has 0 aromatic heterocycles.